The van der Waals surface area contributed by atoms with Crippen LogP contribution >= 0.6 is 0 Å². The Morgan fingerprint density at radius 2 is 1.75 bits per heavy atom. The number of piperidine rings is 1. The van der Waals surface area contributed by atoms with E-state index in [1.54, 1.807) is 0 Å². The number of nitrogens with two attached hydrogens (primary N) is 1. The molecule has 0 aliphatic carbocycles. The SMILES string of the molecule is CC(CC(=O)OC(C)(C)C1CC[NH2+]CC1)CC(C)(C)C. The van der Waals surface area contributed by atoms with Crippen molar-refractivity contribution < 1.29 is 14.8 Å². The van der Waals surface area contributed by atoms with Crippen LogP contribution in [0.4, 0.5) is 0 Å². The zero-order valence-corrected chi connectivity index (χ0v) is 14.3. The maximum absolute atomic E-state index is 12.2. The van der Waals surface area contributed by atoms with Crippen molar-refractivity contribution in [3.8, 4) is 0 Å². The molecule has 1 heterocycles. The van der Waals surface area contributed by atoms with Gasteiger partial charge in [0.05, 0.1) is 13.1 Å². The lowest BCUT2D eigenvalue weighted by Gasteiger charge is -2.36. The Hall–Kier alpha value is -0.570. The second-order valence-corrected chi connectivity index (χ2v) is 8.29. The second-order valence-electron chi connectivity index (χ2n) is 8.29. The molecule has 1 aliphatic rings. The van der Waals surface area contributed by atoms with Crippen LogP contribution in [0.15, 0.2) is 0 Å². The van der Waals surface area contributed by atoms with E-state index in [2.05, 4.69) is 46.9 Å². The molecule has 1 atom stereocenters. The first-order valence-electron chi connectivity index (χ1n) is 8.13. The van der Waals surface area contributed by atoms with Crippen molar-refractivity contribution in [3.63, 3.8) is 0 Å². The Labute approximate surface area is 124 Å². The van der Waals surface area contributed by atoms with Gasteiger partial charge in [0.15, 0.2) is 0 Å². The lowest BCUT2D eigenvalue weighted by atomic mass is 9.83. The molecular weight excluding hydrogens is 250 g/mol. The van der Waals surface area contributed by atoms with Crippen LogP contribution in [0.1, 0.15) is 67.2 Å². The maximum atomic E-state index is 12.2. The summed E-state index contributed by atoms with van der Waals surface area (Å²) < 4.78 is 5.81. The van der Waals surface area contributed by atoms with Gasteiger partial charge in [0.25, 0.3) is 0 Å². The molecule has 0 aromatic rings. The lowest BCUT2D eigenvalue weighted by molar-refractivity contribution is -0.665. The summed E-state index contributed by atoms with van der Waals surface area (Å²) in [5.41, 5.74) is -0.0405. The van der Waals surface area contributed by atoms with Crippen molar-refractivity contribution in [1.82, 2.24) is 0 Å². The first kappa shape index (κ1) is 17.5. The molecular formula is C17H34NO2+. The average molecular weight is 284 g/mol. The van der Waals surface area contributed by atoms with E-state index in [-0.39, 0.29) is 17.0 Å². The van der Waals surface area contributed by atoms with Gasteiger partial charge in [-0.1, -0.05) is 27.7 Å². The van der Waals surface area contributed by atoms with Crippen LogP contribution in [-0.4, -0.2) is 24.7 Å². The molecule has 0 radical (unpaired) electrons. The summed E-state index contributed by atoms with van der Waals surface area (Å²) in [7, 11) is 0. The summed E-state index contributed by atoms with van der Waals surface area (Å²) in [6.45, 7) is 15.3. The minimum Gasteiger partial charge on any atom is -0.459 e. The Morgan fingerprint density at radius 3 is 2.25 bits per heavy atom. The molecule has 1 aliphatic heterocycles. The van der Waals surface area contributed by atoms with Gasteiger partial charge in [-0.05, 0) is 31.6 Å². The van der Waals surface area contributed by atoms with Crippen molar-refractivity contribution in [2.75, 3.05) is 13.1 Å². The van der Waals surface area contributed by atoms with Gasteiger partial charge in [-0.15, -0.1) is 0 Å². The molecule has 0 amide bonds. The normalized spacial score (nSPS) is 19.7. The predicted molar refractivity (Wildman–Crippen MR) is 82.4 cm³/mol. The second kappa shape index (κ2) is 6.93. The van der Waals surface area contributed by atoms with E-state index >= 15 is 0 Å². The lowest BCUT2D eigenvalue weighted by Crippen LogP contribution is -2.86. The minimum atomic E-state index is -0.313. The van der Waals surface area contributed by atoms with Gasteiger partial charge in [-0.2, -0.15) is 0 Å². The number of ether oxygens (including phenoxy) is 1. The molecule has 0 bridgehead atoms. The number of rotatable bonds is 5. The van der Waals surface area contributed by atoms with E-state index in [0.29, 0.717) is 18.3 Å². The highest BCUT2D eigenvalue weighted by molar-refractivity contribution is 5.70. The zero-order chi connectivity index (χ0) is 15.4. The van der Waals surface area contributed by atoms with E-state index in [1.807, 2.05) is 0 Å². The number of carbonyl (C=O) groups is 1. The third-order valence-electron chi connectivity index (χ3n) is 4.27. The van der Waals surface area contributed by atoms with Gasteiger partial charge in [0, 0.05) is 25.2 Å². The molecule has 1 saturated heterocycles. The molecule has 1 fully saturated rings. The van der Waals surface area contributed by atoms with Crippen molar-refractivity contribution in [1.29, 1.82) is 0 Å². The number of hydrogen-bond donors (Lipinski definition) is 1. The highest BCUT2D eigenvalue weighted by Gasteiger charge is 2.35. The van der Waals surface area contributed by atoms with E-state index in [0.717, 1.165) is 32.4 Å². The Balaban J connectivity index is 2.43. The van der Waals surface area contributed by atoms with Crippen LogP contribution in [0.5, 0.6) is 0 Å². The number of esters is 1. The highest BCUT2D eigenvalue weighted by atomic mass is 16.6. The quantitative estimate of drug-likeness (QED) is 0.789. The summed E-state index contributed by atoms with van der Waals surface area (Å²) >= 11 is 0. The molecule has 0 aromatic carbocycles. The Kier molecular flexibility index (Phi) is 6.06. The smallest absolute Gasteiger partial charge is 0.306 e. The van der Waals surface area contributed by atoms with Gasteiger partial charge in [-0.3, -0.25) is 4.79 Å². The molecule has 118 valence electrons. The molecule has 2 N–H and O–H groups in total. The number of carbonyl (C=O) groups excluding carboxylic acids is 1. The first-order chi connectivity index (χ1) is 9.10. The van der Waals surface area contributed by atoms with E-state index in [4.69, 9.17) is 4.74 Å². The highest BCUT2D eigenvalue weighted by Crippen LogP contribution is 2.30. The van der Waals surface area contributed by atoms with E-state index in [9.17, 15) is 4.79 Å². The third-order valence-corrected chi connectivity index (χ3v) is 4.27. The summed E-state index contributed by atoms with van der Waals surface area (Å²) in [6, 6.07) is 0. The maximum Gasteiger partial charge on any atom is 0.306 e. The summed E-state index contributed by atoms with van der Waals surface area (Å²) in [5.74, 6) is 0.869. The topological polar surface area (TPSA) is 42.9 Å². The summed E-state index contributed by atoms with van der Waals surface area (Å²) in [6.07, 6.45) is 3.90. The fourth-order valence-corrected chi connectivity index (χ4v) is 3.44. The van der Waals surface area contributed by atoms with Crippen molar-refractivity contribution in [2.24, 2.45) is 17.3 Å². The minimum absolute atomic E-state index is 0.0266. The fraction of sp³-hybridized carbons (Fsp3) is 0.941. The van der Waals surface area contributed by atoms with E-state index in [1.165, 1.54) is 0 Å². The van der Waals surface area contributed by atoms with E-state index < -0.39 is 0 Å². The predicted octanol–water partition coefficient (Wildman–Crippen LogP) is 2.74. The molecule has 0 spiro atoms. The van der Waals surface area contributed by atoms with Crippen molar-refractivity contribution in [3.05, 3.63) is 0 Å². The first-order valence-corrected chi connectivity index (χ1v) is 8.13. The van der Waals surface area contributed by atoms with Crippen molar-refractivity contribution in [2.45, 2.75) is 72.8 Å². The van der Waals surface area contributed by atoms with Gasteiger partial charge in [0.1, 0.15) is 5.60 Å². The number of quaternary nitrogens is 1. The molecule has 1 unspecified atom stereocenters. The third kappa shape index (κ3) is 6.25. The molecule has 20 heavy (non-hydrogen) atoms. The van der Waals surface area contributed by atoms with Gasteiger partial charge < -0.3 is 10.1 Å². The van der Waals surface area contributed by atoms with Crippen LogP contribution < -0.4 is 5.32 Å². The summed E-state index contributed by atoms with van der Waals surface area (Å²) in [4.78, 5) is 12.2. The molecule has 3 nitrogen and oxygen atoms in total. The van der Waals surface area contributed by atoms with Gasteiger partial charge in [0.2, 0.25) is 0 Å². The Morgan fingerprint density at radius 1 is 1.20 bits per heavy atom. The van der Waals surface area contributed by atoms with Gasteiger partial charge in [-0.25, -0.2) is 0 Å². The fourth-order valence-electron chi connectivity index (χ4n) is 3.44. The monoisotopic (exact) mass is 284 g/mol. The van der Waals surface area contributed by atoms with Crippen LogP contribution in [-0.2, 0) is 9.53 Å². The van der Waals surface area contributed by atoms with Crippen LogP contribution in [0.25, 0.3) is 0 Å². The van der Waals surface area contributed by atoms with Crippen LogP contribution in [0, 0.1) is 17.3 Å². The standard InChI is InChI=1S/C17H33NO2/c1-13(12-16(2,3)4)11-15(19)20-17(5,6)14-7-9-18-10-8-14/h13-14,18H,7-12H2,1-6H3/p+1. The van der Waals surface area contributed by atoms with Crippen molar-refractivity contribution >= 4 is 5.97 Å². The Bertz CT molecular complexity index is 311. The molecule has 0 saturated carbocycles. The molecule has 0 aromatic heterocycles. The van der Waals surface area contributed by atoms with Gasteiger partial charge >= 0.3 is 5.97 Å². The average Bonchev–Trinajstić information content (AvgIpc) is 2.26. The molecule has 3 heteroatoms. The summed E-state index contributed by atoms with van der Waals surface area (Å²) in [5, 5.41) is 2.35. The number of hydrogen-bond acceptors (Lipinski definition) is 2. The van der Waals surface area contributed by atoms with Crippen LogP contribution in [0.3, 0.4) is 0 Å². The largest absolute Gasteiger partial charge is 0.459 e. The van der Waals surface area contributed by atoms with Crippen LogP contribution in [0.2, 0.25) is 0 Å². The molecule has 1 rings (SSSR count). The zero-order valence-electron chi connectivity index (χ0n) is 14.3.